The van der Waals surface area contributed by atoms with E-state index in [4.69, 9.17) is 20.8 Å². The quantitative estimate of drug-likeness (QED) is 0.814. The summed E-state index contributed by atoms with van der Waals surface area (Å²) in [6.07, 6.45) is 0. The van der Waals surface area contributed by atoms with Gasteiger partial charge in [0.1, 0.15) is 11.5 Å². The lowest BCUT2D eigenvalue weighted by atomic mass is 10.2. The van der Waals surface area contributed by atoms with Crippen LogP contribution in [-0.2, 0) is 11.3 Å². The number of benzene rings is 1. The Balaban J connectivity index is 2.00. The van der Waals surface area contributed by atoms with Gasteiger partial charge in [0.2, 0.25) is 0 Å². The zero-order chi connectivity index (χ0) is 12.8. The van der Waals surface area contributed by atoms with E-state index >= 15 is 0 Å². The molecular formula is C14H16ClNO2. The normalized spacial score (nSPS) is 10.8. The fourth-order valence-corrected chi connectivity index (χ4v) is 1.89. The molecule has 1 heterocycles. The third-order valence-electron chi connectivity index (χ3n) is 2.58. The first-order chi connectivity index (χ1) is 8.81. The second-order valence-corrected chi connectivity index (χ2v) is 4.32. The van der Waals surface area contributed by atoms with Crippen molar-refractivity contribution in [3.8, 4) is 11.3 Å². The molecule has 0 amide bonds. The maximum atomic E-state index is 6.12. The summed E-state index contributed by atoms with van der Waals surface area (Å²) < 4.78 is 10.7. The van der Waals surface area contributed by atoms with Crippen LogP contribution in [0.25, 0.3) is 11.3 Å². The number of furan rings is 1. The predicted molar refractivity (Wildman–Crippen MR) is 72.7 cm³/mol. The molecule has 0 saturated heterocycles. The first kappa shape index (κ1) is 13.1. The maximum Gasteiger partial charge on any atom is 0.135 e. The van der Waals surface area contributed by atoms with Crippen LogP contribution in [0.1, 0.15) is 5.76 Å². The van der Waals surface area contributed by atoms with E-state index in [-0.39, 0.29) is 0 Å². The number of hydrogen-bond donors (Lipinski definition) is 1. The van der Waals surface area contributed by atoms with Crippen molar-refractivity contribution in [2.24, 2.45) is 0 Å². The van der Waals surface area contributed by atoms with Gasteiger partial charge in [0, 0.05) is 19.2 Å². The number of nitrogens with one attached hydrogen (secondary N) is 1. The minimum absolute atomic E-state index is 0.688. The zero-order valence-corrected chi connectivity index (χ0v) is 11.0. The molecule has 0 aliphatic rings. The number of hydrogen-bond acceptors (Lipinski definition) is 3. The molecule has 1 aromatic carbocycles. The van der Waals surface area contributed by atoms with E-state index < -0.39 is 0 Å². The van der Waals surface area contributed by atoms with E-state index in [9.17, 15) is 0 Å². The van der Waals surface area contributed by atoms with Gasteiger partial charge >= 0.3 is 0 Å². The molecule has 0 unspecified atom stereocenters. The first-order valence-corrected chi connectivity index (χ1v) is 6.22. The summed E-state index contributed by atoms with van der Waals surface area (Å²) in [7, 11) is 1.68. The van der Waals surface area contributed by atoms with E-state index in [1.165, 1.54) is 0 Å². The summed E-state index contributed by atoms with van der Waals surface area (Å²) in [5.41, 5.74) is 0.919. The molecule has 0 saturated carbocycles. The molecule has 2 aromatic rings. The fourth-order valence-electron chi connectivity index (χ4n) is 1.66. The van der Waals surface area contributed by atoms with Gasteiger partial charge in [-0.3, -0.25) is 0 Å². The van der Waals surface area contributed by atoms with Gasteiger partial charge in [-0.25, -0.2) is 0 Å². The van der Waals surface area contributed by atoms with Gasteiger partial charge in [-0.05, 0) is 24.3 Å². The minimum Gasteiger partial charge on any atom is -0.460 e. The minimum atomic E-state index is 0.688. The van der Waals surface area contributed by atoms with E-state index in [1.54, 1.807) is 7.11 Å². The predicted octanol–water partition coefficient (Wildman–Crippen LogP) is 3.34. The molecule has 3 nitrogen and oxygen atoms in total. The molecule has 4 heteroatoms. The highest BCUT2D eigenvalue weighted by Crippen LogP contribution is 2.28. The Morgan fingerprint density at radius 3 is 2.83 bits per heavy atom. The van der Waals surface area contributed by atoms with Crippen molar-refractivity contribution in [3.63, 3.8) is 0 Å². The Bertz CT molecular complexity index is 496. The van der Waals surface area contributed by atoms with E-state index in [1.807, 2.05) is 36.4 Å². The molecule has 0 spiro atoms. The molecule has 1 aromatic heterocycles. The van der Waals surface area contributed by atoms with Gasteiger partial charge in [-0.2, -0.15) is 0 Å². The summed E-state index contributed by atoms with van der Waals surface area (Å²) in [6, 6.07) is 11.6. The second kappa shape index (κ2) is 6.59. The highest BCUT2D eigenvalue weighted by Gasteiger charge is 2.07. The highest BCUT2D eigenvalue weighted by molar-refractivity contribution is 6.33. The molecule has 0 atom stereocenters. The number of rotatable bonds is 6. The summed E-state index contributed by atoms with van der Waals surface area (Å²) in [4.78, 5) is 0. The molecule has 0 aliphatic carbocycles. The van der Waals surface area contributed by atoms with Crippen molar-refractivity contribution in [2.45, 2.75) is 6.54 Å². The molecular weight excluding hydrogens is 250 g/mol. The van der Waals surface area contributed by atoms with Gasteiger partial charge in [0.25, 0.3) is 0 Å². The van der Waals surface area contributed by atoms with Crippen LogP contribution in [0.4, 0.5) is 0 Å². The Morgan fingerprint density at radius 1 is 1.22 bits per heavy atom. The Morgan fingerprint density at radius 2 is 2.06 bits per heavy atom. The smallest absolute Gasteiger partial charge is 0.135 e. The molecule has 1 N–H and O–H groups in total. The van der Waals surface area contributed by atoms with Crippen LogP contribution in [0, 0.1) is 0 Å². The molecule has 2 rings (SSSR count). The lowest BCUT2D eigenvalue weighted by Crippen LogP contribution is -2.18. The highest BCUT2D eigenvalue weighted by atomic mass is 35.5. The molecule has 96 valence electrons. The van der Waals surface area contributed by atoms with Crippen molar-refractivity contribution in [1.82, 2.24) is 5.32 Å². The van der Waals surface area contributed by atoms with E-state index in [0.717, 1.165) is 23.6 Å². The Kier molecular flexibility index (Phi) is 4.81. The van der Waals surface area contributed by atoms with E-state index in [2.05, 4.69) is 5.32 Å². The zero-order valence-electron chi connectivity index (χ0n) is 10.3. The molecule has 0 bridgehead atoms. The van der Waals surface area contributed by atoms with Crippen molar-refractivity contribution in [3.05, 3.63) is 47.2 Å². The van der Waals surface area contributed by atoms with Crippen LogP contribution in [0.5, 0.6) is 0 Å². The summed E-state index contributed by atoms with van der Waals surface area (Å²) in [5.74, 6) is 1.69. The Hall–Kier alpha value is -1.29. The largest absolute Gasteiger partial charge is 0.460 e. The summed E-state index contributed by atoms with van der Waals surface area (Å²) in [5, 5.41) is 3.93. The van der Waals surface area contributed by atoms with Gasteiger partial charge in [0.05, 0.1) is 18.2 Å². The second-order valence-electron chi connectivity index (χ2n) is 3.92. The molecule has 0 radical (unpaired) electrons. The number of ether oxygens (including phenoxy) is 1. The van der Waals surface area contributed by atoms with Crippen LogP contribution in [0.15, 0.2) is 40.8 Å². The van der Waals surface area contributed by atoms with Gasteiger partial charge < -0.3 is 14.5 Å². The van der Waals surface area contributed by atoms with Crippen molar-refractivity contribution < 1.29 is 9.15 Å². The standard InChI is InChI=1S/C14H16ClNO2/c1-17-9-8-16-10-11-6-7-14(18-11)12-4-2-3-5-13(12)15/h2-7,16H,8-10H2,1H3. The van der Waals surface area contributed by atoms with Gasteiger partial charge in [0.15, 0.2) is 0 Å². The molecule has 18 heavy (non-hydrogen) atoms. The SMILES string of the molecule is COCCNCc1ccc(-c2ccccc2Cl)o1. The van der Waals surface area contributed by atoms with Crippen LogP contribution < -0.4 is 5.32 Å². The lowest BCUT2D eigenvalue weighted by molar-refractivity contribution is 0.198. The van der Waals surface area contributed by atoms with Crippen molar-refractivity contribution in [1.29, 1.82) is 0 Å². The van der Waals surface area contributed by atoms with Crippen molar-refractivity contribution in [2.75, 3.05) is 20.3 Å². The summed E-state index contributed by atoms with van der Waals surface area (Å²) in [6.45, 7) is 2.19. The van der Waals surface area contributed by atoms with Gasteiger partial charge in [-0.15, -0.1) is 0 Å². The number of methoxy groups -OCH3 is 1. The average Bonchev–Trinajstić information content (AvgIpc) is 2.84. The number of halogens is 1. The lowest BCUT2D eigenvalue weighted by Gasteiger charge is -2.02. The molecule has 0 fully saturated rings. The summed E-state index contributed by atoms with van der Waals surface area (Å²) >= 11 is 6.12. The fraction of sp³-hybridized carbons (Fsp3) is 0.286. The van der Waals surface area contributed by atoms with Crippen LogP contribution in [-0.4, -0.2) is 20.3 Å². The monoisotopic (exact) mass is 265 g/mol. The van der Waals surface area contributed by atoms with Crippen LogP contribution in [0.2, 0.25) is 5.02 Å². The third-order valence-corrected chi connectivity index (χ3v) is 2.91. The average molecular weight is 266 g/mol. The maximum absolute atomic E-state index is 6.12. The Labute approximate surface area is 112 Å². The first-order valence-electron chi connectivity index (χ1n) is 5.84. The third kappa shape index (κ3) is 3.35. The topological polar surface area (TPSA) is 34.4 Å². The van der Waals surface area contributed by atoms with Crippen LogP contribution in [0.3, 0.4) is 0 Å². The van der Waals surface area contributed by atoms with Crippen molar-refractivity contribution >= 4 is 11.6 Å². The van der Waals surface area contributed by atoms with Gasteiger partial charge in [-0.1, -0.05) is 23.7 Å². The van der Waals surface area contributed by atoms with E-state index in [0.29, 0.717) is 18.2 Å². The molecule has 0 aliphatic heterocycles. The van der Waals surface area contributed by atoms with Crippen LogP contribution >= 0.6 is 11.6 Å².